The average molecular weight is 323 g/mol. The average Bonchev–Trinajstić information content (AvgIpc) is 2.41. The molecule has 0 atom stereocenters. The largest absolute Gasteiger partial charge is 0.398 e. The van der Waals surface area contributed by atoms with Crippen molar-refractivity contribution in [3.63, 3.8) is 0 Å². The minimum Gasteiger partial charge on any atom is -0.398 e. The van der Waals surface area contributed by atoms with Crippen LogP contribution in [0.5, 0.6) is 0 Å². The van der Waals surface area contributed by atoms with E-state index in [9.17, 15) is 4.39 Å². The van der Waals surface area contributed by atoms with E-state index in [4.69, 9.17) is 5.73 Å². The normalized spacial score (nSPS) is 10.5. The van der Waals surface area contributed by atoms with Crippen LogP contribution in [-0.4, -0.2) is 6.54 Å². The first kappa shape index (κ1) is 13.9. The molecule has 2 rings (SSSR count). The summed E-state index contributed by atoms with van der Waals surface area (Å²) in [6, 6.07) is 12.6. The topological polar surface area (TPSA) is 29.3 Å². The van der Waals surface area contributed by atoms with E-state index in [2.05, 4.69) is 15.9 Å². The van der Waals surface area contributed by atoms with Gasteiger partial charge in [-0.1, -0.05) is 18.2 Å². The maximum Gasteiger partial charge on any atom is 0.146 e. The van der Waals surface area contributed by atoms with Crippen molar-refractivity contribution in [2.75, 3.05) is 17.2 Å². The van der Waals surface area contributed by atoms with Crippen molar-refractivity contribution in [3.8, 4) is 0 Å². The van der Waals surface area contributed by atoms with Gasteiger partial charge in [-0.15, -0.1) is 0 Å². The maximum absolute atomic E-state index is 13.8. The van der Waals surface area contributed by atoms with E-state index in [1.165, 1.54) is 6.07 Å². The first-order valence-corrected chi connectivity index (χ1v) is 6.94. The maximum atomic E-state index is 13.8. The lowest BCUT2D eigenvalue weighted by molar-refractivity contribution is 0.618. The van der Waals surface area contributed by atoms with Gasteiger partial charge in [-0.3, -0.25) is 0 Å². The highest BCUT2D eigenvalue weighted by molar-refractivity contribution is 9.10. The highest BCUT2D eigenvalue weighted by Gasteiger charge is 2.10. The summed E-state index contributed by atoms with van der Waals surface area (Å²) in [4.78, 5) is 1.99. The Hall–Kier alpha value is -1.55. The molecule has 0 aliphatic rings. The number of benzene rings is 2. The summed E-state index contributed by atoms with van der Waals surface area (Å²) in [7, 11) is 0. The third kappa shape index (κ3) is 3.26. The van der Waals surface area contributed by atoms with E-state index in [-0.39, 0.29) is 5.82 Å². The Morgan fingerprint density at radius 1 is 1.21 bits per heavy atom. The molecular weight excluding hydrogens is 307 g/mol. The first-order valence-electron chi connectivity index (χ1n) is 6.15. The zero-order chi connectivity index (χ0) is 13.8. The van der Waals surface area contributed by atoms with Crippen molar-refractivity contribution in [3.05, 3.63) is 58.3 Å². The van der Waals surface area contributed by atoms with Gasteiger partial charge >= 0.3 is 0 Å². The van der Waals surface area contributed by atoms with Crippen LogP contribution in [0.25, 0.3) is 0 Å². The summed E-state index contributed by atoms with van der Waals surface area (Å²) < 4.78 is 14.7. The molecule has 0 amide bonds. The number of nitrogens with two attached hydrogens (primary N) is 1. The molecule has 2 nitrogen and oxygen atoms in total. The zero-order valence-corrected chi connectivity index (χ0v) is 12.3. The predicted molar refractivity (Wildman–Crippen MR) is 81.7 cm³/mol. The molecule has 0 bridgehead atoms. The van der Waals surface area contributed by atoms with Gasteiger partial charge in [0.05, 0.1) is 5.69 Å². The van der Waals surface area contributed by atoms with Gasteiger partial charge in [-0.05, 0) is 52.7 Å². The molecule has 0 saturated carbocycles. The molecule has 0 radical (unpaired) electrons. The second kappa shape index (κ2) is 6.06. The van der Waals surface area contributed by atoms with Gasteiger partial charge in [0.1, 0.15) is 5.82 Å². The van der Waals surface area contributed by atoms with Crippen molar-refractivity contribution in [1.82, 2.24) is 0 Å². The third-order valence-corrected chi connectivity index (χ3v) is 3.70. The summed E-state index contributed by atoms with van der Waals surface area (Å²) in [5, 5.41) is 0. The Kier molecular flexibility index (Phi) is 4.43. The molecule has 0 saturated heterocycles. The Morgan fingerprint density at radius 3 is 2.58 bits per heavy atom. The Morgan fingerprint density at radius 2 is 1.95 bits per heavy atom. The number of hydrogen-bond acceptors (Lipinski definition) is 2. The van der Waals surface area contributed by atoms with Gasteiger partial charge < -0.3 is 10.6 Å². The van der Waals surface area contributed by atoms with Crippen LogP contribution < -0.4 is 10.6 Å². The SMILES string of the molecule is CCN(Cc1ccc(N)c(Br)c1)c1ccccc1F. The fourth-order valence-corrected chi connectivity index (χ4v) is 2.39. The Bertz CT molecular complexity index is 572. The number of hydrogen-bond donors (Lipinski definition) is 1. The number of halogens is 2. The smallest absolute Gasteiger partial charge is 0.146 e. The van der Waals surface area contributed by atoms with Crippen LogP contribution in [0.2, 0.25) is 0 Å². The Balaban J connectivity index is 2.24. The second-order valence-corrected chi connectivity index (χ2v) is 5.18. The van der Waals surface area contributed by atoms with Gasteiger partial charge in [0, 0.05) is 23.2 Å². The van der Waals surface area contributed by atoms with Gasteiger partial charge in [-0.2, -0.15) is 0 Å². The molecule has 19 heavy (non-hydrogen) atoms. The van der Waals surface area contributed by atoms with E-state index in [1.807, 2.05) is 36.1 Å². The van der Waals surface area contributed by atoms with E-state index < -0.39 is 0 Å². The fraction of sp³-hybridized carbons (Fsp3) is 0.200. The number of rotatable bonds is 4. The highest BCUT2D eigenvalue weighted by Crippen LogP contribution is 2.24. The first-order chi connectivity index (χ1) is 9.11. The summed E-state index contributed by atoms with van der Waals surface area (Å²) in [6.07, 6.45) is 0. The van der Waals surface area contributed by atoms with Crippen LogP contribution in [-0.2, 0) is 6.54 Å². The van der Waals surface area contributed by atoms with Gasteiger partial charge in [0.2, 0.25) is 0 Å². The molecule has 100 valence electrons. The molecule has 2 aromatic carbocycles. The molecule has 0 unspecified atom stereocenters. The van der Waals surface area contributed by atoms with Gasteiger partial charge in [0.25, 0.3) is 0 Å². The molecular formula is C15H16BrFN2. The van der Waals surface area contributed by atoms with Crippen molar-refractivity contribution >= 4 is 27.3 Å². The quantitative estimate of drug-likeness (QED) is 0.855. The number of nitrogens with zero attached hydrogens (tertiary/aromatic N) is 1. The third-order valence-electron chi connectivity index (χ3n) is 3.01. The van der Waals surface area contributed by atoms with E-state index in [0.29, 0.717) is 17.9 Å². The molecule has 0 aromatic heterocycles. The molecule has 0 heterocycles. The second-order valence-electron chi connectivity index (χ2n) is 4.32. The van der Waals surface area contributed by atoms with Crippen molar-refractivity contribution < 1.29 is 4.39 Å². The van der Waals surface area contributed by atoms with Gasteiger partial charge in [-0.25, -0.2) is 4.39 Å². The van der Waals surface area contributed by atoms with Crippen LogP contribution in [0.1, 0.15) is 12.5 Å². The number of para-hydroxylation sites is 1. The van der Waals surface area contributed by atoms with Crippen LogP contribution in [0.4, 0.5) is 15.8 Å². The molecule has 2 aromatic rings. The lowest BCUT2D eigenvalue weighted by Gasteiger charge is -2.24. The molecule has 4 heteroatoms. The standard InChI is InChI=1S/C15H16BrFN2/c1-2-19(15-6-4-3-5-13(15)17)10-11-7-8-14(18)12(16)9-11/h3-9H,2,10,18H2,1H3. The molecule has 0 fully saturated rings. The van der Waals surface area contributed by atoms with Crippen LogP contribution in [0.3, 0.4) is 0 Å². The summed E-state index contributed by atoms with van der Waals surface area (Å²) in [5.74, 6) is -0.195. The van der Waals surface area contributed by atoms with Crippen molar-refractivity contribution in [2.24, 2.45) is 0 Å². The van der Waals surface area contributed by atoms with Crippen LogP contribution in [0.15, 0.2) is 46.9 Å². The summed E-state index contributed by atoms with van der Waals surface area (Å²) in [5.41, 5.74) is 8.19. The van der Waals surface area contributed by atoms with E-state index in [0.717, 1.165) is 16.6 Å². The zero-order valence-electron chi connectivity index (χ0n) is 10.7. The van der Waals surface area contributed by atoms with E-state index in [1.54, 1.807) is 12.1 Å². The van der Waals surface area contributed by atoms with E-state index >= 15 is 0 Å². The van der Waals surface area contributed by atoms with Gasteiger partial charge in [0.15, 0.2) is 0 Å². The monoisotopic (exact) mass is 322 g/mol. The lowest BCUT2D eigenvalue weighted by Crippen LogP contribution is -2.23. The number of nitrogen functional groups attached to an aromatic ring is 1. The molecule has 0 aliphatic heterocycles. The van der Waals surface area contributed by atoms with Crippen molar-refractivity contribution in [2.45, 2.75) is 13.5 Å². The number of anilines is 2. The highest BCUT2D eigenvalue weighted by atomic mass is 79.9. The lowest BCUT2D eigenvalue weighted by atomic mass is 10.1. The summed E-state index contributed by atoms with van der Waals surface area (Å²) in [6.45, 7) is 3.40. The fourth-order valence-electron chi connectivity index (χ4n) is 1.96. The molecule has 0 aliphatic carbocycles. The summed E-state index contributed by atoms with van der Waals surface area (Å²) >= 11 is 3.41. The van der Waals surface area contributed by atoms with Crippen LogP contribution in [0, 0.1) is 5.82 Å². The minimum atomic E-state index is -0.195. The van der Waals surface area contributed by atoms with Crippen LogP contribution >= 0.6 is 15.9 Å². The minimum absolute atomic E-state index is 0.195. The molecule has 0 spiro atoms. The van der Waals surface area contributed by atoms with Crippen molar-refractivity contribution in [1.29, 1.82) is 0 Å². The Labute approximate surface area is 121 Å². The molecule has 2 N–H and O–H groups in total. The predicted octanol–water partition coefficient (Wildman–Crippen LogP) is 4.20.